The molecule has 0 spiro atoms. The molecule has 6 nitrogen and oxygen atoms in total. The number of rotatable bonds is 6. The maximum Gasteiger partial charge on any atom is 0.265 e. The molecule has 0 bridgehead atoms. The monoisotopic (exact) mass is 508 g/mol. The van der Waals surface area contributed by atoms with Gasteiger partial charge in [-0.05, 0) is 53.9 Å². The number of anilines is 2. The second-order valence-electron chi connectivity index (χ2n) is 7.05. The minimum Gasteiger partial charge on any atom is -0.457 e. The number of hydrogen-bond donors (Lipinski definition) is 2. The summed E-state index contributed by atoms with van der Waals surface area (Å²) in [6.07, 6.45) is 1.05. The summed E-state index contributed by atoms with van der Waals surface area (Å²) in [5.41, 5.74) is 0.727. The summed E-state index contributed by atoms with van der Waals surface area (Å²) in [6, 6.07) is 14.2. The highest BCUT2D eigenvalue weighted by Gasteiger charge is 2.13. The predicted molar refractivity (Wildman–Crippen MR) is 126 cm³/mol. The van der Waals surface area contributed by atoms with Gasteiger partial charge in [0.05, 0.1) is 11.1 Å². The van der Waals surface area contributed by atoms with E-state index in [0.29, 0.717) is 21.6 Å². The van der Waals surface area contributed by atoms with Crippen LogP contribution in [0.15, 0.2) is 60.7 Å². The van der Waals surface area contributed by atoms with E-state index in [4.69, 9.17) is 16.3 Å². The van der Waals surface area contributed by atoms with Crippen LogP contribution >= 0.6 is 22.9 Å². The van der Waals surface area contributed by atoms with Crippen molar-refractivity contribution in [1.82, 2.24) is 0 Å². The lowest BCUT2D eigenvalue weighted by Crippen LogP contribution is -2.10. The fourth-order valence-electron chi connectivity index (χ4n) is 3.00. The number of hydrogen-bond acceptors (Lipinski definition) is 5. The molecule has 2 N–H and O–H groups in total. The molecule has 0 aliphatic rings. The summed E-state index contributed by atoms with van der Waals surface area (Å²) >= 11 is 7.35. The van der Waals surface area contributed by atoms with Gasteiger partial charge in [-0.2, -0.15) is 0 Å². The Morgan fingerprint density at radius 1 is 0.939 bits per heavy atom. The molecule has 0 saturated heterocycles. The van der Waals surface area contributed by atoms with Crippen molar-refractivity contribution in [3.63, 3.8) is 0 Å². The fraction of sp³-hybridized carbons (Fsp3) is 0.0455. The Morgan fingerprint density at radius 3 is 2.45 bits per heavy atom. The fourth-order valence-corrected chi connectivity index (χ4v) is 4.71. The quantitative estimate of drug-likeness (QED) is 0.322. The van der Waals surface area contributed by atoms with Crippen molar-refractivity contribution in [2.24, 2.45) is 0 Å². The Hall–Kier alpha value is -3.21. The van der Waals surface area contributed by atoms with Crippen molar-refractivity contribution in [2.45, 2.75) is 0 Å². The van der Waals surface area contributed by atoms with Crippen molar-refractivity contribution >= 4 is 60.3 Å². The van der Waals surface area contributed by atoms with Crippen LogP contribution in [0, 0.1) is 11.6 Å². The van der Waals surface area contributed by atoms with Gasteiger partial charge in [0.25, 0.3) is 5.91 Å². The molecule has 1 aromatic heterocycles. The average molecular weight is 509 g/mol. The number of fused-ring (bicyclic) bond motifs is 1. The highest BCUT2D eigenvalue weighted by Crippen LogP contribution is 2.32. The Kier molecular flexibility index (Phi) is 6.24. The van der Waals surface area contributed by atoms with E-state index in [-0.39, 0.29) is 16.5 Å². The maximum atomic E-state index is 13.4. The van der Waals surface area contributed by atoms with Crippen molar-refractivity contribution in [3.8, 4) is 11.5 Å². The normalized spacial score (nSPS) is 11.4. The van der Waals surface area contributed by atoms with Crippen LogP contribution in [0.3, 0.4) is 0 Å². The first-order valence-corrected chi connectivity index (χ1v) is 12.4. The molecular formula is C22H15ClF2N2O4S2. The number of thiophene rings is 1. The van der Waals surface area contributed by atoms with Crippen molar-refractivity contribution < 1.29 is 26.7 Å². The average Bonchev–Trinajstić information content (AvgIpc) is 3.13. The van der Waals surface area contributed by atoms with E-state index in [1.165, 1.54) is 35.6 Å². The molecular weight excluding hydrogens is 494 g/mol. The molecule has 0 atom stereocenters. The number of benzene rings is 3. The first-order chi connectivity index (χ1) is 15.6. The molecule has 3 aromatic carbocycles. The van der Waals surface area contributed by atoms with E-state index in [2.05, 4.69) is 10.0 Å². The largest absolute Gasteiger partial charge is 0.457 e. The number of amides is 1. The number of nitrogens with one attached hydrogen (secondary N) is 2. The van der Waals surface area contributed by atoms with Gasteiger partial charge >= 0.3 is 0 Å². The van der Waals surface area contributed by atoms with E-state index in [9.17, 15) is 22.0 Å². The van der Waals surface area contributed by atoms with Crippen LogP contribution in [0.4, 0.5) is 20.2 Å². The number of carbonyl (C=O) groups is 1. The third kappa shape index (κ3) is 5.78. The number of ether oxygens (including phenoxy) is 1. The lowest BCUT2D eigenvalue weighted by molar-refractivity contribution is 0.103. The Morgan fingerprint density at radius 2 is 1.73 bits per heavy atom. The molecule has 11 heteroatoms. The van der Waals surface area contributed by atoms with Crippen LogP contribution in [0.25, 0.3) is 10.1 Å². The van der Waals surface area contributed by atoms with Gasteiger partial charge in [0.15, 0.2) is 11.6 Å². The minimum absolute atomic E-state index is 0.0662. The van der Waals surface area contributed by atoms with E-state index >= 15 is 0 Å². The van der Waals surface area contributed by atoms with Gasteiger partial charge in [-0.15, -0.1) is 11.3 Å². The zero-order chi connectivity index (χ0) is 23.8. The summed E-state index contributed by atoms with van der Waals surface area (Å²) < 4.78 is 58.1. The van der Waals surface area contributed by atoms with Crippen LogP contribution in [0.1, 0.15) is 9.67 Å². The van der Waals surface area contributed by atoms with Crippen molar-refractivity contribution in [3.05, 3.63) is 82.2 Å². The van der Waals surface area contributed by atoms with Gasteiger partial charge in [-0.1, -0.05) is 11.6 Å². The molecule has 0 aliphatic heterocycles. The molecule has 1 amide bonds. The zero-order valence-corrected chi connectivity index (χ0v) is 19.2. The van der Waals surface area contributed by atoms with E-state index < -0.39 is 27.6 Å². The summed E-state index contributed by atoms with van der Waals surface area (Å²) in [5.74, 6) is -2.17. The minimum atomic E-state index is -3.42. The van der Waals surface area contributed by atoms with Gasteiger partial charge in [-0.3, -0.25) is 9.52 Å². The molecule has 4 rings (SSSR count). The second-order valence-corrected chi connectivity index (χ2v) is 10.3. The SMILES string of the molecule is CS(=O)(=O)Nc1ccc2sc(C(=O)Nc3cc(Cl)cc(Oc4ccc(F)c(F)c4)c3)cc2c1. The van der Waals surface area contributed by atoms with Crippen LogP contribution in [-0.4, -0.2) is 20.6 Å². The Balaban J connectivity index is 1.54. The van der Waals surface area contributed by atoms with Crippen LogP contribution in [0.2, 0.25) is 5.02 Å². The van der Waals surface area contributed by atoms with Crippen molar-refractivity contribution in [1.29, 1.82) is 0 Å². The predicted octanol–water partition coefficient (Wildman–Crippen LogP) is 6.25. The van der Waals surface area contributed by atoms with Crippen LogP contribution < -0.4 is 14.8 Å². The summed E-state index contributed by atoms with van der Waals surface area (Å²) in [6.45, 7) is 0. The lowest BCUT2D eigenvalue weighted by Gasteiger charge is -2.10. The summed E-state index contributed by atoms with van der Waals surface area (Å²) in [4.78, 5) is 13.2. The van der Waals surface area contributed by atoms with E-state index in [1.54, 1.807) is 24.3 Å². The highest BCUT2D eigenvalue weighted by molar-refractivity contribution is 7.92. The van der Waals surface area contributed by atoms with Gasteiger partial charge in [-0.25, -0.2) is 17.2 Å². The molecule has 170 valence electrons. The molecule has 1 heterocycles. The lowest BCUT2D eigenvalue weighted by atomic mass is 10.2. The molecule has 0 unspecified atom stereocenters. The molecule has 0 fully saturated rings. The first kappa shape index (κ1) is 23.0. The summed E-state index contributed by atoms with van der Waals surface area (Å²) in [7, 11) is -3.42. The first-order valence-electron chi connectivity index (χ1n) is 9.32. The topological polar surface area (TPSA) is 84.5 Å². The highest BCUT2D eigenvalue weighted by atomic mass is 35.5. The maximum absolute atomic E-state index is 13.4. The van der Waals surface area contributed by atoms with Gasteiger partial charge in [0.2, 0.25) is 10.0 Å². The number of halogens is 3. The Bertz CT molecular complexity index is 1490. The van der Waals surface area contributed by atoms with E-state index in [1.807, 2.05) is 0 Å². The van der Waals surface area contributed by atoms with Crippen LogP contribution in [0.5, 0.6) is 11.5 Å². The molecule has 0 radical (unpaired) electrons. The van der Waals surface area contributed by atoms with Crippen molar-refractivity contribution in [2.75, 3.05) is 16.3 Å². The van der Waals surface area contributed by atoms with Crippen LogP contribution in [-0.2, 0) is 10.0 Å². The smallest absolute Gasteiger partial charge is 0.265 e. The molecule has 4 aromatic rings. The number of carbonyl (C=O) groups excluding carboxylic acids is 1. The third-order valence-corrected chi connectivity index (χ3v) is 6.24. The van der Waals surface area contributed by atoms with Gasteiger partial charge in [0, 0.05) is 33.2 Å². The summed E-state index contributed by atoms with van der Waals surface area (Å²) in [5, 5.41) is 3.68. The molecule has 0 saturated carbocycles. The Labute approximate surface area is 196 Å². The molecule has 33 heavy (non-hydrogen) atoms. The molecule has 0 aliphatic carbocycles. The standard InChI is InChI=1S/C22H15ClF2N2O4S2/c1-33(29,30)27-14-2-5-20-12(6-14)7-21(32-20)22(28)26-15-8-13(23)9-17(10-15)31-16-3-4-18(24)19(25)11-16/h2-11,27H,1H3,(H,26,28). The van der Waals surface area contributed by atoms with Gasteiger partial charge < -0.3 is 10.1 Å². The third-order valence-electron chi connectivity index (χ3n) is 4.30. The number of sulfonamides is 1. The van der Waals surface area contributed by atoms with Gasteiger partial charge in [0.1, 0.15) is 11.5 Å². The second kappa shape index (κ2) is 8.97. The van der Waals surface area contributed by atoms with E-state index in [0.717, 1.165) is 23.1 Å². The zero-order valence-electron chi connectivity index (χ0n) is 16.9.